The zero-order chi connectivity index (χ0) is 44.8. The van der Waals surface area contributed by atoms with Crippen LogP contribution in [0.4, 0.5) is 16.3 Å². The summed E-state index contributed by atoms with van der Waals surface area (Å²) < 4.78 is 11.4. The number of hydrogen-bond donors (Lipinski definition) is 9. The predicted octanol–water partition coefficient (Wildman–Crippen LogP) is -1.01. The third-order valence-corrected chi connectivity index (χ3v) is 10.8. The summed E-state index contributed by atoms with van der Waals surface area (Å²) in [5.74, 6) is -3.58. The molecule has 22 heteroatoms. The van der Waals surface area contributed by atoms with Gasteiger partial charge in [-0.05, 0) is 49.9 Å². The molecule has 0 spiro atoms. The largest absolute Gasteiger partial charge is 0.445 e. The number of hydrogen-bond acceptors (Lipinski definition) is 15. The predicted molar refractivity (Wildman–Crippen MR) is 217 cm³/mol. The van der Waals surface area contributed by atoms with Gasteiger partial charge in [0.1, 0.15) is 48.8 Å². The summed E-state index contributed by atoms with van der Waals surface area (Å²) in [4.78, 5) is 102. The van der Waals surface area contributed by atoms with Gasteiger partial charge in [-0.3, -0.25) is 38.6 Å². The Morgan fingerprint density at radius 3 is 2.35 bits per heavy atom. The van der Waals surface area contributed by atoms with Gasteiger partial charge in [-0.15, -0.1) is 0 Å². The standard InChI is InChI=1S/C40H50N10O12/c1-19(2)29(46-26(52)13-16-49-27(53)9-10-28(49)54)37(58)44-20(3)36(57)45-23-7-5-22(6-8-23)17-61-40(60)50-15-12-25(51)32(50)38(59)47-30-21(4)62-39(34(56)33(30)55)48-35-31-24(11-14-41-31)42-18-43-35/h5-11,14,18-21,25,29-30,32-34,39,41,51,55-56H,12-13,15-17H2,1-4H3,(H,44,58)(H,45,57)(H,46,52)(H,47,59)(H,42,43,48)/t20-,21-,25-,29?,30-,32+,33+,34+,39-/m0/s1. The topological polar surface area (TPSA) is 307 Å². The number of aliphatic hydroxyl groups excluding tert-OH is 3. The molecule has 22 nitrogen and oxygen atoms in total. The van der Waals surface area contributed by atoms with Crippen molar-refractivity contribution in [2.45, 2.75) is 102 Å². The first-order valence-corrected chi connectivity index (χ1v) is 20.0. The monoisotopic (exact) mass is 862 g/mol. The highest BCUT2D eigenvalue weighted by atomic mass is 16.6. The first-order chi connectivity index (χ1) is 29.5. The number of carbonyl (C=O) groups excluding carboxylic acids is 7. The molecule has 2 fully saturated rings. The first-order valence-electron chi connectivity index (χ1n) is 20.0. The van der Waals surface area contributed by atoms with Crippen molar-refractivity contribution in [2.24, 2.45) is 5.92 Å². The van der Waals surface area contributed by atoms with E-state index in [2.05, 4.69) is 41.5 Å². The second kappa shape index (κ2) is 19.5. The molecule has 1 aromatic carbocycles. The van der Waals surface area contributed by atoms with Crippen LogP contribution in [-0.4, -0.2) is 150 Å². The second-order valence-electron chi connectivity index (χ2n) is 15.5. The zero-order valence-corrected chi connectivity index (χ0v) is 34.3. The molecule has 0 radical (unpaired) electrons. The number of H-pyrrole nitrogens is 1. The lowest BCUT2D eigenvalue weighted by Gasteiger charge is -2.42. The molecular formula is C40H50N10O12. The number of rotatable bonds is 15. The zero-order valence-electron chi connectivity index (χ0n) is 34.3. The number of carbonyl (C=O) groups is 7. The van der Waals surface area contributed by atoms with Gasteiger partial charge in [0.25, 0.3) is 11.8 Å². The Balaban J connectivity index is 0.953. The van der Waals surface area contributed by atoms with Gasteiger partial charge in [0, 0.05) is 43.5 Å². The number of ether oxygens (including phenoxy) is 2. The molecule has 2 saturated heterocycles. The highest BCUT2D eigenvalue weighted by Gasteiger charge is 2.47. The van der Waals surface area contributed by atoms with Crippen LogP contribution in [0.3, 0.4) is 0 Å². The quantitative estimate of drug-likeness (QED) is 0.0828. The van der Waals surface area contributed by atoms with E-state index in [1.54, 1.807) is 57.3 Å². The van der Waals surface area contributed by atoms with Crippen molar-refractivity contribution in [3.8, 4) is 0 Å². The Morgan fingerprint density at radius 1 is 0.952 bits per heavy atom. The highest BCUT2D eigenvalue weighted by Crippen LogP contribution is 2.27. The molecule has 62 heavy (non-hydrogen) atoms. The molecule has 6 rings (SSSR count). The Hall–Kier alpha value is -6.49. The third-order valence-electron chi connectivity index (χ3n) is 10.8. The fraction of sp³-hybridized carbons (Fsp3) is 0.475. The van der Waals surface area contributed by atoms with E-state index in [4.69, 9.17) is 9.47 Å². The summed E-state index contributed by atoms with van der Waals surface area (Å²) in [5, 5.41) is 46.2. The van der Waals surface area contributed by atoms with Gasteiger partial charge < -0.3 is 56.4 Å². The fourth-order valence-electron chi connectivity index (χ4n) is 7.23. The van der Waals surface area contributed by atoms with Gasteiger partial charge in [-0.25, -0.2) is 14.8 Å². The van der Waals surface area contributed by atoms with E-state index in [1.165, 1.54) is 13.3 Å². The maximum absolute atomic E-state index is 13.5. The van der Waals surface area contributed by atoms with Crippen molar-refractivity contribution in [1.29, 1.82) is 0 Å². The van der Waals surface area contributed by atoms with Crippen molar-refractivity contribution in [2.75, 3.05) is 23.7 Å². The number of imide groups is 1. The van der Waals surface area contributed by atoms with Crippen LogP contribution in [0, 0.1) is 5.92 Å². The lowest BCUT2D eigenvalue weighted by Crippen LogP contribution is -2.66. The van der Waals surface area contributed by atoms with E-state index in [9.17, 15) is 48.9 Å². The molecular weight excluding hydrogens is 812 g/mol. The average molecular weight is 863 g/mol. The van der Waals surface area contributed by atoms with E-state index in [0.29, 0.717) is 28.1 Å². The van der Waals surface area contributed by atoms with Gasteiger partial charge in [0.2, 0.25) is 23.6 Å². The Bertz CT molecular complexity index is 2180. The maximum atomic E-state index is 13.5. The van der Waals surface area contributed by atoms with Crippen LogP contribution in [0.2, 0.25) is 0 Å². The van der Waals surface area contributed by atoms with Crippen LogP contribution in [0.1, 0.15) is 46.1 Å². The van der Waals surface area contributed by atoms with Crippen LogP contribution < -0.4 is 26.6 Å². The van der Waals surface area contributed by atoms with Crippen molar-refractivity contribution < 1.29 is 58.4 Å². The van der Waals surface area contributed by atoms with Crippen molar-refractivity contribution in [3.63, 3.8) is 0 Å². The normalized spacial score (nSPS) is 24.5. The molecule has 3 aliphatic heterocycles. The molecule has 9 atom stereocenters. The third kappa shape index (κ3) is 10.3. The second-order valence-corrected chi connectivity index (χ2v) is 15.5. The summed E-state index contributed by atoms with van der Waals surface area (Å²) in [6.45, 7) is 6.10. The molecule has 5 heterocycles. The summed E-state index contributed by atoms with van der Waals surface area (Å²) in [5.41, 5.74) is 2.07. The molecule has 9 N–H and O–H groups in total. The minimum atomic E-state index is -1.52. The highest BCUT2D eigenvalue weighted by molar-refractivity contribution is 6.13. The Morgan fingerprint density at radius 2 is 1.66 bits per heavy atom. The smallest absolute Gasteiger partial charge is 0.410 e. The van der Waals surface area contributed by atoms with Gasteiger partial charge in [-0.2, -0.15) is 0 Å². The van der Waals surface area contributed by atoms with E-state index in [-0.39, 0.29) is 38.5 Å². The van der Waals surface area contributed by atoms with Gasteiger partial charge in [0.05, 0.1) is 23.8 Å². The number of benzene rings is 1. The van der Waals surface area contributed by atoms with Gasteiger partial charge in [-0.1, -0.05) is 26.0 Å². The van der Waals surface area contributed by atoms with Gasteiger partial charge in [0.15, 0.2) is 12.0 Å². The van der Waals surface area contributed by atoms with Crippen LogP contribution >= 0.6 is 0 Å². The molecule has 0 aliphatic carbocycles. The minimum Gasteiger partial charge on any atom is -0.445 e. The number of fused-ring (bicyclic) bond motifs is 1. The van der Waals surface area contributed by atoms with E-state index in [1.807, 2.05) is 0 Å². The van der Waals surface area contributed by atoms with E-state index >= 15 is 0 Å². The number of amides is 7. The average Bonchev–Trinajstić information content (AvgIpc) is 3.97. The van der Waals surface area contributed by atoms with Gasteiger partial charge >= 0.3 is 6.09 Å². The molecule has 1 unspecified atom stereocenters. The molecule has 7 amide bonds. The molecule has 3 aliphatic rings. The lowest BCUT2D eigenvalue weighted by atomic mass is 9.95. The Kier molecular flexibility index (Phi) is 14.2. The lowest BCUT2D eigenvalue weighted by molar-refractivity contribution is -0.173. The van der Waals surface area contributed by atoms with Crippen LogP contribution in [0.25, 0.3) is 11.0 Å². The molecule has 0 saturated carbocycles. The maximum Gasteiger partial charge on any atom is 0.410 e. The number of anilines is 2. The fourth-order valence-corrected chi connectivity index (χ4v) is 7.23. The van der Waals surface area contributed by atoms with Crippen molar-refractivity contribution in [1.82, 2.24) is 40.7 Å². The molecule has 2 aromatic heterocycles. The SMILES string of the molecule is CC(C)C(NC(=O)CCN1C(=O)C=CC1=O)C(=O)N[C@@H](C)C(=O)Nc1ccc(COC(=O)N2CC[C@H](O)[C@@H]2C(=O)N[C@@H]2[C@@H](O)[C@@H](O)[C@@H](Nc3ncnc4cc[nH]c34)O[C@H]2C)cc1. The number of aromatic nitrogens is 3. The molecule has 3 aromatic rings. The number of nitrogens with zero attached hydrogens (tertiary/aromatic N) is 4. The molecule has 0 bridgehead atoms. The Labute approximate surface area is 354 Å². The van der Waals surface area contributed by atoms with E-state index < -0.39 is 96.3 Å². The van der Waals surface area contributed by atoms with Crippen molar-refractivity contribution >= 4 is 64.1 Å². The first kappa shape index (κ1) is 45.0. The van der Waals surface area contributed by atoms with Crippen LogP contribution in [0.5, 0.6) is 0 Å². The summed E-state index contributed by atoms with van der Waals surface area (Å²) in [6, 6.07) is 3.52. The van der Waals surface area contributed by atoms with Crippen LogP contribution in [-0.2, 0) is 44.8 Å². The number of aliphatic hydroxyl groups is 3. The number of likely N-dealkylation sites (tertiary alicyclic amines) is 1. The summed E-state index contributed by atoms with van der Waals surface area (Å²) in [7, 11) is 0. The summed E-state index contributed by atoms with van der Waals surface area (Å²) in [6.07, 6.45) is -1.99. The summed E-state index contributed by atoms with van der Waals surface area (Å²) >= 11 is 0. The number of nitrogens with one attached hydrogen (secondary N) is 6. The van der Waals surface area contributed by atoms with E-state index in [0.717, 1.165) is 22.0 Å². The number of aromatic amines is 1. The van der Waals surface area contributed by atoms with Crippen LogP contribution in [0.15, 0.2) is 55.0 Å². The minimum absolute atomic E-state index is 0.00307. The van der Waals surface area contributed by atoms with Crippen molar-refractivity contribution in [3.05, 3.63) is 60.6 Å². The molecule has 332 valence electrons.